The fourth-order valence-electron chi connectivity index (χ4n) is 4.57. The third-order valence-electron chi connectivity index (χ3n) is 6.25. The predicted octanol–water partition coefficient (Wildman–Crippen LogP) is 4.88. The molecule has 0 radical (unpaired) electrons. The maximum Gasteiger partial charge on any atom is 0.226 e. The van der Waals surface area contributed by atoms with Crippen molar-refractivity contribution in [3.05, 3.63) is 109 Å². The molecule has 4 aromatic rings. The van der Waals surface area contributed by atoms with Crippen molar-refractivity contribution < 1.29 is 9.53 Å². The van der Waals surface area contributed by atoms with E-state index < -0.39 is 0 Å². The number of ether oxygens (including phenoxy) is 1. The number of aromatic nitrogens is 2. The molecule has 2 aromatic carbocycles. The topological polar surface area (TPSA) is 71.4 Å². The fraction of sp³-hybridized carbons (Fsp3) is 0.179. The van der Waals surface area contributed by atoms with Crippen LogP contribution in [0.1, 0.15) is 29.9 Å². The smallest absolute Gasteiger partial charge is 0.226 e. The SMILES string of the molecule is COc1cccc(-n2cccc2[C@H]2[C@@H](c3ccccn3)NC(=S)N2CCC(=O)Nc2ccccc2)c1. The second kappa shape index (κ2) is 10.6. The quantitative estimate of drug-likeness (QED) is 0.338. The first-order valence-corrected chi connectivity index (χ1v) is 12.2. The molecule has 2 N–H and O–H groups in total. The Balaban J connectivity index is 1.46. The average Bonchev–Trinajstić information content (AvgIpc) is 3.53. The van der Waals surface area contributed by atoms with E-state index in [1.165, 1.54) is 0 Å². The summed E-state index contributed by atoms with van der Waals surface area (Å²) >= 11 is 5.78. The number of methoxy groups -OCH3 is 1. The van der Waals surface area contributed by atoms with Crippen LogP contribution in [0.3, 0.4) is 0 Å². The summed E-state index contributed by atoms with van der Waals surface area (Å²) in [5.74, 6) is 0.718. The number of thiocarbonyl (C=S) groups is 1. The maximum atomic E-state index is 12.7. The molecule has 1 aliphatic rings. The van der Waals surface area contributed by atoms with Crippen molar-refractivity contribution in [1.82, 2.24) is 19.8 Å². The van der Waals surface area contributed by atoms with E-state index >= 15 is 0 Å². The molecule has 36 heavy (non-hydrogen) atoms. The van der Waals surface area contributed by atoms with Gasteiger partial charge >= 0.3 is 0 Å². The molecule has 0 aliphatic carbocycles. The summed E-state index contributed by atoms with van der Waals surface area (Å²) in [5.41, 5.74) is 3.68. The van der Waals surface area contributed by atoms with E-state index in [1.54, 1.807) is 13.3 Å². The molecule has 2 atom stereocenters. The van der Waals surface area contributed by atoms with Crippen molar-refractivity contribution in [2.24, 2.45) is 0 Å². The number of nitrogens with zero attached hydrogens (tertiary/aromatic N) is 3. The van der Waals surface area contributed by atoms with Gasteiger partial charge in [0.25, 0.3) is 0 Å². The molecule has 7 nitrogen and oxygen atoms in total. The normalized spacial score (nSPS) is 17.0. The van der Waals surface area contributed by atoms with Crippen LogP contribution in [0.5, 0.6) is 5.75 Å². The van der Waals surface area contributed by atoms with Crippen LogP contribution in [0.25, 0.3) is 5.69 Å². The number of hydrogen-bond acceptors (Lipinski definition) is 4. The van der Waals surface area contributed by atoms with Crippen molar-refractivity contribution in [2.75, 3.05) is 19.0 Å². The number of anilines is 1. The van der Waals surface area contributed by atoms with Gasteiger partial charge in [-0.15, -0.1) is 0 Å². The lowest BCUT2D eigenvalue weighted by atomic mass is 10.0. The van der Waals surface area contributed by atoms with Crippen molar-refractivity contribution in [3.8, 4) is 11.4 Å². The minimum Gasteiger partial charge on any atom is -0.497 e. The monoisotopic (exact) mass is 497 g/mol. The van der Waals surface area contributed by atoms with Gasteiger partial charge in [-0.25, -0.2) is 0 Å². The molecule has 0 spiro atoms. The van der Waals surface area contributed by atoms with Gasteiger partial charge in [0.1, 0.15) is 5.75 Å². The van der Waals surface area contributed by atoms with E-state index in [1.807, 2.05) is 85.1 Å². The lowest BCUT2D eigenvalue weighted by Crippen LogP contribution is -2.33. The highest BCUT2D eigenvalue weighted by Gasteiger charge is 2.41. The van der Waals surface area contributed by atoms with E-state index in [0.29, 0.717) is 18.1 Å². The van der Waals surface area contributed by atoms with E-state index in [2.05, 4.69) is 31.2 Å². The van der Waals surface area contributed by atoms with Gasteiger partial charge in [-0.3, -0.25) is 9.78 Å². The Morgan fingerprint density at radius 1 is 1.06 bits per heavy atom. The molecule has 1 amide bonds. The van der Waals surface area contributed by atoms with Gasteiger partial charge in [0.15, 0.2) is 5.11 Å². The molecule has 5 rings (SSSR count). The number of carbonyl (C=O) groups is 1. The standard InChI is InChI=1S/C28H27N5O2S/c1-35-22-12-7-11-21(19-22)32-17-8-14-24(32)27-26(23-13-5-6-16-29-23)31-28(36)33(27)18-15-25(34)30-20-9-3-2-4-10-20/h2-14,16-17,19,26-27H,15,18H2,1H3,(H,30,34)(H,31,36)/t26-,27+/m1/s1. The summed E-state index contributed by atoms with van der Waals surface area (Å²) < 4.78 is 7.58. The molecular weight excluding hydrogens is 470 g/mol. The average molecular weight is 498 g/mol. The van der Waals surface area contributed by atoms with E-state index in [0.717, 1.165) is 28.5 Å². The van der Waals surface area contributed by atoms with Gasteiger partial charge in [-0.05, 0) is 60.7 Å². The van der Waals surface area contributed by atoms with Gasteiger partial charge < -0.3 is 24.8 Å². The number of hydrogen-bond donors (Lipinski definition) is 2. The maximum absolute atomic E-state index is 12.7. The number of rotatable bonds is 8. The molecule has 182 valence electrons. The lowest BCUT2D eigenvalue weighted by Gasteiger charge is -2.29. The van der Waals surface area contributed by atoms with Crippen LogP contribution in [0, 0.1) is 0 Å². The molecule has 0 bridgehead atoms. The third-order valence-corrected chi connectivity index (χ3v) is 6.60. The summed E-state index contributed by atoms with van der Waals surface area (Å²) in [6.45, 7) is 0.460. The first-order valence-electron chi connectivity index (χ1n) is 11.8. The van der Waals surface area contributed by atoms with Gasteiger partial charge in [-0.1, -0.05) is 30.3 Å². The third kappa shape index (κ3) is 4.94. The van der Waals surface area contributed by atoms with Crippen LogP contribution in [-0.2, 0) is 4.79 Å². The second-order valence-electron chi connectivity index (χ2n) is 8.49. The first-order chi connectivity index (χ1) is 17.6. The second-order valence-corrected chi connectivity index (χ2v) is 8.88. The molecule has 0 unspecified atom stereocenters. The molecule has 1 saturated heterocycles. The highest BCUT2D eigenvalue weighted by molar-refractivity contribution is 7.80. The molecule has 1 fully saturated rings. The number of nitrogens with one attached hydrogen (secondary N) is 2. The zero-order valence-electron chi connectivity index (χ0n) is 19.9. The van der Waals surface area contributed by atoms with Crippen LogP contribution < -0.4 is 15.4 Å². The van der Waals surface area contributed by atoms with E-state index in [-0.39, 0.29) is 18.0 Å². The molecule has 0 saturated carbocycles. The summed E-state index contributed by atoms with van der Waals surface area (Å²) in [6, 6.07) is 27.0. The van der Waals surface area contributed by atoms with Crippen molar-refractivity contribution in [3.63, 3.8) is 0 Å². The van der Waals surface area contributed by atoms with Gasteiger partial charge in [-0.2, -0.15) is 0 Å². The van der Waals surface area contributed by atoms with Crippen LogP contribution >= 0.6 is 12.2 Å². The number of carbonyl (C=O) groups excluding carboxylic acids is 1. The van der Waals surface area contributed by atoms with Crippen LogP contribution in [0.2, 0.25) is 0 Å². The Hall–Kier alpha value is -4.17. The zero-order chi connectivity index (χ0) is 24.9. The Labute approximate surface area is 215 Å². The van der Waals surface area contributed by atoms with Crippen LogP contribution in [0.4, 0.5) is 5.69 Å². The Morgan fingerprint density at radius 2 is 1.89 bits per heavy atom. The summed E-state index contributed by atoms with van der Waals surface area (Å²) in [7, 11) is 1.66. The summed E-state index contributed by atoms with van der Waals surface area (Å²) in [4.78, 5) is 19.4. The Kier molecular flexibility index (Phi) is 6.95. The van der Waals surface area contributed by atoms with Crippen LogP contribution in [-0.4, -0.2) is 39.1 Å². The highest BCUT2D eigenvalue weighted by Crippen LogP contribution is 2.39. The van der Waals surface area contributed by atoms with E-state index in [4.69, 9.17) is 17.0 Å². The number of amides is 1. The number of pyridine rings is 1. The zero-order valence-corrected chi connectivity index (χ0v) is 20.7. The highest BCUT2D eigenvalue weighted by atomic mass is 32.1. The summed E-state index contributed by atoms with van der Waals surface area (Å²) in [5, 5.41) is 7.02. The molecule has 3 heterocycles. The van der Waals surface area contributed by atoms with Gasteiger partial charge in [0.2, 0.25) is 5.91 Å². The Morgan fingerprint density at radius 3 is 2.67 bits per heavy atom. The minimum absolute atomic E-state index is 0.0628. The van der Waals surface area contributed by atoms with Gasteiger partial charge in [0, 0.05) is 48.5 Å². The van der Waals surface area contributed by atoms with E-state index in [9.17, 15) is 4.79 Å². The molecule has 8 heteroatoms. The van der Waals surface area contributed by atoms with Crippen LogP contribution in [0.15, 0.2) is 97.3 Å². The predicted molar refractivity (Wildman–Crippen MR) is 144 cm³/mol. The minimum atomic E-state index is -0.171. The molecule has 2 aromatic heterocycles. The van der Waals surface area contributed by atoms with Crippen molar-refractivity contribution in [2.45, 2.75) is 18.5 Å². The Bertz CT molecular complexity index is 1340. The first kappa shape index (κ1) is 23.6. The molecule has 1 aliphatic heterocycles. The largest absolute Gasteiger partial charge is 0.497 e. The summed E-state index contributed by atoms with van der Waals surface area (Å²) in [6.07, 6.45) is 4.11. The van der Waals surface area contributed by atoms with Gasteiger partial charge in [0.05, 0.1) is 24.9 Å². The lowest BCUT2D eigenvalue weighted by molar-refractivity contribution is -0.116. The van der Waals surface area contributed by atoms with Crippen molar-refractivity contribution >= 4 is 28.9 Å². The van der Waals surface area contributed by atoms with Crippen molar-refractivity contribution in [1.29, 1.82) is 0 Å². The number of benzene rings is 2. The molecular formula is C28H27N5O2S. The fourth-order valence-corrected chi connectivity index (χ4v) is 4.90. The number of para-hydroxylation sites is 1.